The van der Waals surface area contributed by atoms with E-state index in [1.165, 1.54) is 64.2 Å². The summed E-state index contributed by atoms with van der Waals surface area (Å²) in [6.07, 6.45) is 10.0. The number of hydrogen-bond acceptors (Lipinski definition) is 5. The number of carbonyl (C=O) groups excluding carboxylic acids is 1. The largest absolute Gasteiger partial charge is 0.382 e. The Hall–Kier alpha value is -0.420. The fraction of sp³-hybridized carbons (Fsp3) is 0.731. The molecule has 0 spiro atoms. The molecule has 0 aliphatic heterocycles. The van der Waals surface area contributed by atoms with E-state index in [-0.39, 0.29) is 25.4 Å². The molecule has 0 saturated carbocycles. The van der Waals surface area contributed by atoms with Crippen molar-refractivity contribution in [1.29, 1.82) is 0 Å². The van der Waals surface area contributed by atoms with Gasteiger partial charge in [0.2, 0.25) is 0 Å². The molecule has 0 saturated heterocycles. The number of benzene rings is 1. The molecule has 0 bridgehead atoms. The molecule has 0 fully saturated rings. The van der Waals surface area contributed by atoms with Crippen molar-refractivity contribution in [2.24, 2.45) is 0 Å². The van der Waals surface area contributed by atoms with Crippen molar-refractivity contribution >= 4 is 34.3 Å². The van der Waals surface area contributed by atoms with Crippen LogP contribution < -0.4 is 0 Å². The van der Waals surface area contributed by atoms with Gasteiger partial charge < -0.3 is 14.4 Å². The van der Waals surface area contributed by atoms with E-state index in [0.717, 1.165) is 24.8 Å². The third kappa shape index (κ3) is 17.1. The Morgan fingerprint density at radius 3 is 1.88 bits per heavy atom. The van der Waals surface area contributed by atoms with E-state index in [1.54, 1.807) is 0 Å². The van der Waals surface area contributed by atoms with Crippen LogP contribution in [0.2, 0.25) is 0 Å². The maximum Gasteiger partial charge on any atom is 0.380 e. The average Bonchev–Trinajstić information content (AvgIpc) is 2.81. The minimum absolute atomic E-state index is 0.173. The Morgan fingerprint density at radius 1 is 0.882 bits per heavy atom. The molecule has 5 nitrogen and oxygen atoms in total. The Bertz CT molecular complexity index is 683. The number of ether oxygens (including phenoxy) is 1. The van der Waals surface area contributed by atoms with E-state index in [0.29, 0.717) is 0 Å². The number of aliphatic hydroxyl groups is 1. The summed E-state index contributed by atoms with van der Waals surface area (Å²) < 4.78 is 22.1. The van der Waals surface area contributed by atoms with Gasteiger partial charge in [-0.15, -0.1) is 0 Å². The van der Waals surface area contributed by atoms with Gasteiger partial charge in [0.15, 0.2) is 5.78 Å². The first kappa shape index (κ1) is 31.6. The van der Waals surface area contributed by atoms with Gasteiger partial charge in [0, 0.05) is 6.42 Å². The number of Topliss-reactive ketones (excluding diaryl/α,β-unsaturated/α-hetero) is 1. The quantitative estimate of drug-likeness (QED) is 0.118. The molecule has 1 aromatic carbocycles. The first-order chi connectivity index (χ1) is 16.3. The number of rotatable bonds is 22. The van der Waals surface area contributed by atoms with E-state index in [2.05, 4.69) is 6.92 Å². The Labute approximate surface area is 215 Å². The molecule has 8 heteroatoms. The molecule has 0 heterocycles. The number of halogens is 2. The van der Waals surface area contributed by atoms with E-state index < -0.39 is 18.3 Å². The number of ketones is 1. The molecule has 0 aromatic heterocycles. The van der Waals surface area contributed by atoms with Gasteiger partial charge in [0.1, 0.15) is 12.2 Å². The minimum Gasteiger partial charge on any atom is -0.382 e. The molecule has 196 valence electrons. The third-order valence-electron chi connectivity index (χ3n) is 5.90. The summed E-state index contributed by atoms with van der Waals surface area (Å²) in [4.78, 5) is 12.5. The average molecular weight is 538 g/mol. The summed E-state index contributed by atoms with van der Waals surface area (Å²) >= 11 is 10.9. The zero-order valence-corrected chi connectivity index (χ0v) is 23.0. The molecule has 0 aliphatic rings. The number of hydrogen-bond donors (Lipinski definition) is 1. The van der Waals surface area contributed by atoms with E-state index in [4.69, 9.17) is 31.7 Å². The van der Waals surface area contributed by atoms with Crippen molar-refractivity contribution in [2.75, 3.05) is 6.61 Å². The maximum absolute atomic E-state index is 12.5. The standard InChI is InChI=1S/C26H43Cl2O5P/c1-2-3-4-5-6-7-8-9-10-11-12-13-17-20-24(29)26(30)25(22-33-34(27,28)31)32-21-23-18-15-14-16-19-23/h14-16,18-19,25-26,30H,2-13,17,20-22H2,1H3. The van der Waals surface area contributed by atoms with Gasteiger partial charge in [-0.2, -0.15) is 0 Å². The van der Waals surface area contributed by atoms with Crippen LogP contribution >= 0.6 is 28.6 Å². The zero-order chi connectivity index (χ0) is 25.1. The van der Waals surface area contributed by atoms with Gasteiger partial charge in [0.25, 0.3) is 0 Å². The Kier molecular flexibility index (Phi) is 18.3. The smallest absolute Gasteiger partial charge is 0.380 e. The van der Waals surface area contributed by atoms with Crippen molar-refractivity contribution in [2.45, 2.75) is 116 Å². The van der Waals surface area contributed by atoms with Crippen LogP contribution in [0.5, 0.6) is 0 Å². The van der Waals surface area contributed by atoms with Crippen LogP contribution in [-0.4, -0.2) is 29.7 Å². The molecule has 2 atom stereocenters. The molecule has 34 heavy (non-hydrogen) atoms. The van der Waals surface area contributed by atoms with Gasteiger partial charge >= 0.3 is 6.07 Å². The molecule has 1 N–H and O–H groups in total. The van der Waals surface area contributed by atoms with Crippen LogP contribution in [0.1, 0.15) is 102 Å². The lowest BCUT2D eigenvalue weighted by Gasteiger charge is -2.23. The highest BCUT2D eigenvalue weighted by molar-refractivity contribution is 8.05. The van der Waals surface area contributed by atoms with Crippen LogP contribution in [0.25, 0.3) is 0 Å². The normalized spacial score (nSPS) is 13.6. The summed E-state index contributed by atoms with van der Waals surface area (Å²) in [6, 6.07) is 9.36. The van der Waals surface area contributed by atoms with Crippen LogP contribution in [0.3, 0.4) is 0 Å². The van der Waals surface area contributed by atoms with E-state index in [9.17, 15) is 14.5 Å². The number of carbonyl (C=O) groups is 1. The SMILES string of the molecule is CCCCCCCCCCCCCCCC(=O)C(O)C(COP(=O)(Cl)Cl)OCc1ccccc1. The molecule has 1 aromatic rings. The lowest BCUT2D eigenvalue weighted by molar-refractivity contribution is -0.139. The lowest BCUT2D eigenvalue weighted by atomic mass is 10.0. The minimum atomic E-state index is -3.79. The summed E-state index contributed by atoms with van der Waals surface area (Å²) in [5.41, 5.74) is 0.878. The first-order valence-corrected chi connectivity index (χ1v) is 16.3. The molecular weight excluding hydrogens is 494 g/mol. The predicted molar refractivity (Wildman–Crippen MR) is 142 cm³/mol. The second-order valence-corrected chi connectivity index (χ2v) is 13.2. The second kappa shape index (κ2) is 19.7. The van der Waals surface area contributed by atoms with Crippen molar-refractivity contribution in [1.82, 2.24) is 0 Å². The molecule has 0 aliphatic carbocycles. The van der Waals surface area contributed by atoms with Crippen molar-refractivity contribution in [3.63, 3.8) is 0 Å². The molecular formula is C26H43Cl2O5P. The van der Waals surface area contributed by atoms with Gasteiger partial charge in [-0.1, -0.05) is 114 Å². The first-order valence-electron chi connectivity index (χ1n) is 12.8. The Morgan fingerprint density at radius 2 is 1.38 bits per heavy atom. The number of aliphatic hydroxyl groups excluding tert-OH is 1. The summed E-state index contributed by atoms with van der Waals surface area (Å²) in [7, 11) is 0. The van der Waals surface area contributed by atoms with Crippen LogP contribution in [-0.2, 0) is 25.2 Å². The fourth-order valence-electron chi connectivity index (χ4n) is 3.84. The number of unbranched alkanes of at least 4 members (excludes halogenated alkanes) is 12. The fourth-order valence-corrected chi connectivity index (χ4v) is 4.50. The maximum atomic E-state index is 12.5. The van der Waals surface area contributed by atoms with Gasteiger partial charge in [0.05, 0.1) is 13.2 Å². The predicted octanol–water partition coefficient (Wildman–Crippen LogP) is 8.59. The summed E-state index contributed by atoms with van der Waals surface area (Å²) in [5.74, 6) is -0.316. The van der Waals surface area contributed by atoms with E-state index >= 15 is 0 Å². The summed E-state index contributed by atoms with van der Waals surface area (Å²) in [5, 5.41) is 10.5. The van der Waals surface area contributed by atoms with Gasteiger partial charge in [-0.3, -0.25) is 9.36 Å². The van der Waals surface area contributed by atoms with Crippen LogP contribution in [0.4, 0.5) is 0 Å². The van der Waals surface area contributed by atoms with Crippen LogP contribution in [0.15, 0.2) is 30.3 Å². The molecule has 0 radical (unpaired) electrons. The Balaban J connectivity index is 2.23. The van der Waals surface area contributed by atoms with Crippen molar-refractivity contribution in [3.05, 3.63) is 35.9 Å². The highest BCUT2D eigenvalue weighted by Gasteiger charge is 2.29. The zero-order valence-electron chi connectivity index (χ0n) is 20.6. The topological polar surface area (TPSA) is 72.8 Å². The second-order valence-electron chi connectivity index (χ2n) is 8.95. The van der Waals surface area contributed by atoms with Crippen molar-refractivity contribution in [3.8, 4) is 0 Å². The van der Waals surface area contributed by atoms with Crippen molar-refractivity contribution < 1.29 is 23.7 Å². The van der Waals surface area contributed by atoms with Gasteiger partial charge in [-0.25, -0.2) is 0 Å². The van der Waals surface area contributed by atoms with Crippen LogP contribution in [0, 0.1) is 0 Å². The van der Waals surface area contributed by atoms with E-state index in [1.807, 2.05) is 30.3 Å². The van der Waals surface area contributed by atoms with Gasteiger partial charge in [-0.05, 0) is 34.5 Å². The third-order valence-corrected chi connectivity index (χ3v) is 6.94. The highest BCUT2D eigenvalue weighted by atomic mass is 35.9. The lowest BCUT2D eigenvalue weighted by Crippen LogP contribution is -2.39. The highest BCUT2D eigenvalue weighted by Crippen LogP contribution is 2.57. The molecule has 2 unspecified atom stereocenters. The summed E-state index contributed by atoms with van der Waals surface area (Å²) in [6.45, 7) is 2.09. The monoisotopic (exact) mass is 536 g/mol. The molecule has 0 amide bonds. The molecule has 1 rings (SSSR count).